The summed E-state index contributed by atoms with van der Waals surface area (Å²) in [5.41, 5.74) is 0. The van der Waals surface area contributed by atoms with Crippen molar-refractivity contribution in [2.45, 2.75) is 58.1 Å². The fourth-order valence-electron chi connectivity index (χ4n) is 3.38. The Hall–Kier alpha value is -0.120. The van der Waals surface area contributed by atoms with Crippen molar-refractivity contribution in [1.82, 2.24) is 10.2 Å². The SMILES string of the molecule is CCC1CCN(CC2CCOC2CC)CCCN1. The fourth-order valence-corrected chi connectivity index (χ4v) is 3.38. The molecule has 18 heavy (non-hydrogen) atoms. The molecule has 0 radical (unpaired) electrons. The van der Waals surface area contributed by atoms with Gasteiger partial charge < -0.3 is 15.0 Å². The molecule has 3 unspecified atom stereocenters. The first-order chi connectivity index (χ1) is 8.83. The number of hydrogen-bond donors (Lipinski definition) is 1. The first kappa shape index (κ1) is 14.3. The summed E-state index contributed by atoms with van der Waals surface area (Å²) >= 11 is 0. The quantitative estimate of drug-likeness (QED) is 0.833. The summed E-state index contributed by atoms with van der Waals surface area (Å²) < 4.78 is 5.82. The largest absolute Gasteiger partial charge is 0.378 e. The zero-order valence-electron chi connectivity index (χ0n) is 12.2. The lowest BCUT2D eigenvalue weighted by Gasteiger charge is -2.31. The van der Waals surface area contributed by atoms with Crippen LogP contribution in [0.4, 0.5) is 0 Å². The summed E-state index contributed by atoms with van der Waals surface area (Å²) in [5, 5.41) is 3.65. The average Bonchev–Trinajstić information content (AvgIpc) is 2.80. The van der Waals surface area contributed by atoms with Crippen LogP contribution in [0.2, 0.25) is 0 Å². The highest BCUT2D eigenvalue weighted by Crippen LogP contribution is 2.24. The third kappa shape index (κ3) is 3.94. The van der Waals surface area contributed by atoms with Crippen LogP contribution in [-0.4, -0.2) is 49.8 Å². The maximum Gasteiger partial charge on any atom is 0.0613 e. The van der Waals surface area contributed by atoms with E-state index in [0.717, 1.165) is 18.6 Å². The van der Waals surface area contributed by atoms with Crippen molar-refractivity contribution >= 4 is 0 Å². The molecule has 0 aromatic carbocycles. The summed E-state index contributed by atoms with van der Waals surface area (Å²) in [5.74, 6) is 0.780. The summed E-state index contributed by atoms with van der Waals surface area (Å²) in [6, 6.07) is 0.731. The van der Waals surface area contributed by atoms with E-state index < -0.39 is 0 Å². The molecule has 0 amide bonds. The van der Waals surface area contributed by atoms with Crippen LogP contribution in [-0.2, 0) is 4.74 Å². The Morgan fingerprint density at radius 1 is 1.17 bits per heavy atom. The summed E-state index contributed by atoms with van der Waals surface area (Å²) in [4.78, 5) is 2.69. The third-order valence-electron chi connectivity index (χ3n) is 4.61. The topological polar surface area (TPSA) is 24.5 Å². The second-order valence-electron chi connectivity index (χ2n) is 5.87. The molecule has 2 aliphatic rings. The fraction of sp³-hybridized carbons (Fsp3) is 1.00. The van der Waals surface area contributed by atoms with Gasteiger partial charge in [-0.15, -0.1) is 0 Å². The standard InChI is InChI=1S/C15H30N2O/c1-3-14-6-10-17(9-5-8-16-14)12-13-7-11-18-15(13)4-2/h13-16H,3-12H2,1-2H3. The van der Waals surface area contributed by atoms with Gasteiger partial charge in [0.25, 0.3) is 0 Å². The zero-order chi connectivity index (χ0) is 12.8. The van der Waals surface area contributed by atoms with Gasteiger partial charge in [-0.05, 0) is 57.7 Å². The van der Waals surface area contributed by atoms with E-state index >= 15 is 0 Å². The predicted octanol–water partition coefficient (Wildman–Crippen LogP) is 2.27. The molecular weight excluding hydrogens is 224 g/mol. The number of ether oxygens (including phenoxy) is 1. The minimum absolute atomic E-state index is 0.524. The molecule has 0 saturated carbocycles. The normalized spacial score (nSPS) is 35.3. The molecule has 3 heteroatoms. The molecule has 0 aliphatic carbocycles. The minimum Gasteiger partial charge on any atom is -0.378 e. The van der Waals surface area contributed by atoms with E-state index in [1.165, 1.54) is 58.3 Å². The van der Waals surface area contributed by atoms with Crippen molar-refractivity contribution in [3.8, 4) is 0 Å². The van der Waals surface area contributed by atoms with Gasteiger partial charge in [0.1, 0.15) is 0 Å². The third-order valence-corrected chi connectivity index (χ3v) is 4.61. The molecule has 0 aromatic rings. The molecule has 1 N–H and O–H groups in total. The lowest BCUT2D eigenvalue weighted by Crippen LogP contribution is -2.42. The molecule has 2 saturated heterocycles. The first-order valence-corrected chi connectivity index (χ1v) is 7.90. The number of nitrogens with one attached hydrogen (secondary N) is 1. The van der Waals surface area contributed by atoms with Crippen molar-refractivity contribution in [2.24, 2.45) is 5.92 Å². The Kier molecular flexibility index (Phi) is 5.93. The highest BCUT2D eigenvalue weighted by atomic mass is 16.5. The lowest BCUT2D eigenvalue weighted by atomic mass is 9.98. The van der Waals surface area contributed by atoms with Crippen LogP contribution in [0.1, 0.15) is 46.0 Å². The van der Waals surface area contributed by atoms with E-state index in [9.17, 15) is 0 Å². The summed E-state index contributed by atoms with van der Waals surface area (Å²) in [7, 11) is 0. The molecule has 2 rings (SSSR count). The van der Waals surface area contributed by atoms with Crippen LogP contribution in [0.15, 0.2) is 0 Å². The van der Waals surface area contributed by atoms with Gasteiger partial charge in [-0.3, -0.25) is 0 Å². The van der Waals surface area contributed by atoms with Gasteiger partial charge in [-0.25, -0.2) is 0 Å². The summed E-state index contributed by atoms with van der Waals surface area (Å²) in [6.45, 7) is 10.5. The van der Waals surface area contributed by atoms with Gasteiger partial charge in [0, 0.05) is 19.2 Å². The van der Waals surface area contributed by atoms with E-state index in [-0.39, 0.29) is 0 Å². The lowest BCUT2D eigenvalue weighted by molar-refractivity contribution is 0.0737. The Labute approximate surface area is 112 Å². The number of hydrogen-bond acceptors (Lipinski definition) is 3. The Balaban J connectivity index is 1.80. The first-order valence-electron chi connectivity index (χ1n) is 7.90. The van der Waals surface area contributed by atoms with E-state index in [2.05, 4.69) is 24.1 Å². The smallest absolute Gasteiger partial charge is 0.0613 e. The molecule has 0 aromatic heterocycles. The van der Waals surface area contributed by atoms with Gasteiger partial charge in [0.05, 0.1) is 6.10 Å². The van der Waals surface area contributed by atoms with E-state index in [0.29, 0.717) is 6.10 Å². The molecule has 3 nitrogen and oxygen atoms in total. The van der Waals surface area contributed by atoms with Gasteiger partial charge in [0.15, 0.2) is 0 Å². The molecule has 3 atom stereocenters. The Bertz CT molecular complexity index is 235. The van der Waals surface area contributed by atoms with Crippen molar-refractivity contribution in [1.29, 1.82) is 0 Å². The van der Waals surface area contributed by atoms with Crippen LogP contribution in [0.5, 0.6) is 0 Å². The molecule has 2 fully saturated rings. The summed E-state index contributed by atoms with van der Waals surface area (Å²) in [6.07, 6.45) is 6.83. The van der Waals surface area contributed by atoms with Crippen LogP contribution in [0.25, 0.3) is 0 Å². The molecule has 2 aliphatic heterocycles. The molecule has 0 spiro atoms. The minimum atomic E-state index is 0.524. The van der Waals surface area contributed by atoms with Gasteiger partial charge in [-0.1, -0.05) is 13.8 Å². The molecule has 106 valence electrons. The van der Waals surface area contributed by atoms with Crippen LogP contribution < -0.4 is 5.32 Å². The average molecular weight is 254 g/mol. The van der Waals surface area contributed by atoms with E-state index in [1.807, 2.05) is 0 Å². The van der Waals surface area contributed by atoms with Crippen molar-refractivity contribution in [3.05, 3.63) is 0 Å². The Morgan fingerprint density at radius 3 is 2.83 bits per heavy atom. The van der Waals surface area contributed by atoms with Gasteiger partial charge in [-0.2, -0.15) is 0 Å². The van der Waals surface area contributed by atoms with E-state index in [1.54, 1.807) is 0 Å². The van der Waals surface area contributed by atoms with Crippen LogP contribution in [0, 0.1) is 5.92 Å². The van der Waals surface area contributed by atoms with Crippen molar-refractivity contribution in [2.75, 3.05) is 32.8 Å². The van der Waals surface area contributed by atoms with Gasteiger partial charge >= 0.3 is 0 Å². The zero-order valence-corrected chi connectivity index (χ0v) is 12.2. The Morgan fingerprint density at radius 2 is 2.06 bits per heavy atom. The van der Waals surface area contributed by atoms with Crippen LogP contribution in [0.3, 0.4) is 0 Å². The van der Waals surface area contributed by atoms with Crippen molar-refractivity contribution < 1.29 is 4.74 Å². The highest BCUT2D eigenvalue weighted by molar-refractivity contribution is 4.80. The second-order valence-corrected chi connectivity index (χ2v) is 5.87. The maximum atomic E-state index is 5.82. The number of rotatable bonds is 4. The highest BCUT2D eigenvalue weighted by Gasteiger charge is 2.28. The van der Waals surface area contributed by atoms with Crippen molar-refractivity contribution in [3.63, 3.8) is 0 Å². The predicted molar refractivity (Wildman–Crippen MR) is 75.9 cm³/mol. The maximum absolute atomic E-state index is 5.82. The molecule has 0 bridgehead atoms. The molecular formula is C15H30N2O. The van der Waals surface area contributed by atoms with Crippen LogP contribution >= 0.6 is 0 Å². The van der Waals surface area contributed by atoms with Gasteiger partial charge in [0.2, 0.25) is 0 Å². The van der Waals surface area contributed by atoms with E-state index in [4.69, 9.17) is 4.74 Å². The monoisotopic (exact) mass is 254 g/mol. The molecule has 2 heterocycles. The number of nitrogens with zero attached hydrogens (tertiary/aromatic N) is 1. The second kappa shape index (κ2) is 7.46.